The summed E-state index contributed by atoms with van der Waals surface area (Å²) in [6.07, 6.45) is -0.521. The van der Waals surface area contributed by atoms with Crippen LogP contribution in [-0.4, -0.2) is 43.8 Å². The van der Waals surface area contributed by atoms with E-state index in [2.05, 4.69) is 5.32 Å². The van der Waals surface area contributed by atoms with Gasteiger partial charge in [-0.25, -0.2) is 4.79 Å². The minimum atomic E-state index is -0.695. The number of cyclic esters (lactones) is 1. The molecule has 0 aromatic heterocycles. The second-order valence-corrected chi connectivity index (χ2v) is 6.65. The lowest BCUT2D eigenvalue weighted by Crippen LogP contribution is -2.45. The van der Waals surface area contributed by atoms with Gasteiger partial charge < -0.3 is 25.3 Å². The molecule has 0 bridgehead atoms. The maximum absolute atomic E-state index is 12.7. The molecule has 1 saturated heterocycles. The first-order chi connectivity index (χ1) is 14.0. The van der Waals surface area contributed by atoms with E-state index in [1.165, 1.54) is 4.90 Å². The van der Waals surface area contributed by atoms with E-state index < -0.39 is 12.1 Å². The Kier molecular flexibility index (Phi) is 6.56. The van der Waals surface area contributed by atoms with Gasteiger partial charge >= 0.3 is 6.09 Å². The molecule has 0 radical (unpaired) electrons. The molecule has 2 aromatic carbocycles. The summed E-state index contributed by atoms with van der Waals surface area (Å²) in [5.41, 5.74) is 8.37. The topological polar surface area (TPSA) is 103 Å². The number of hydrogen-bond acceptors (Lipinski definition) is 6. The Balaban J connectivity index is 1.65. The van der Waals surface area contributed by atoms with Gasteiger partial charge in [0.2, 0.25) is 5.91 Å². The van der Waals surface area contributed by atoms with E-state index in [0.717, 1.165) is 16.7 Å². The largest absolute Gasteiger partial charge is 0.493 e. The van der Waals surface area contributed by atoms with Gasteiger partial charge in [-0.2, -0.15) is 0 Å². The Morgan fingerprint density at radius 3 is 2.41 bits per heavy atom. The zero-order valence-electron chi connectivity index (χ0n) is 16.5. The third-order valence-corrected chi connectivity index (χ3v) is 4.80. The van der Waals surface area contributed by atoms with Crippen molar-refractivity contribution in [1.29, 1.82) is 0 Å². The maximum atomic E-state index is 12.7. The lowest BCUT2D eigenvalue weighted by Gasteiger charge is -2.21. The van der Waals surface area contributed by atoms with Crippen LogP contribution in [0.15, 0.2) is 42.5 Å². The summed E-state index contributed by atoms with van der Waals surface area (Å²) in [7, 11) is 3.10. The molecule has 29 heavy (non-hydrogen) atoms. The molecule has 1 aliphatic rings. The first-order valence-electron chi connectivity index (χ1n) is 9.25. The normalized spacial score (nSPS) is 15.8. The van der Waals surface area contributed by atoms with Crippen LogP contribution in [0, 0.1) is 0 Å². The molecule has 0 unspecified atom stereocenters. The number of amides is 2. The van der Waals surface area contributed by atoms with E-state index in [1.807, 2.05) is 30.3 Å². The number of rotatable bonds is 8. The Labute approximate surface area is 169 Å². The van der Waals surface area contributed by atoms with Gasteiger partial charge in [-0.3, -0.25) is 9.69 Å². The summed E-state index contributed by atoms with van der Waals surface area (Å²) >= 11 is 0. The number of methoxy groups -OCH3 is 2. The predicted molar refractivity (Wildman–Crippen MR) is 106 cm³/mol. The molecule has 1 aliphatic heterocycles. The number of hydrogen-bond donors (Lipinski definition) is 2. The molecule has 0 saturated carbocycles. The Morgan fingerprint density at radius 2 is 1.76 bits per heavy atom. The van der Waals surface area contributed by atoms with Crippen LogP contribution >= 0.6 is 0 Å². The average molecular weight is 399 g/mol. The third kappa shape index (κ3) is 4.78. The van der Waals surface area contributed by atoms with E-state index in [0.29, 0.717) is 24.6 Å². The standard InChI is InChI=1S/C21H25N3O5/c1-27-18-8-7-16(9-19(18)28-2)12-24-17(13-29-21(24)26)20(25)23-11-15-5-3-14(10-22)4-6-15/h3-9,17H,10-13,22H2,1-2H3,(H,23,25)/t17-/m0/s1. The molecule has 3 rings (SSSR count). The SMILES string of the molecule is COc1ccc(CN2C(=O)OC[C@H]2C(=O)NCc2ccc(CN)cc2)cc1OC. The summed E-state index contributed by atoms with van der Waals surface area (Å²) < 4.78 is 15.6. The van der Waals surface area contributed by atoms with Crippen molar-refractivity contribution in [2.24, 2.45) is 5.73 Å². The van der Waals surface area contributed by atoms with E-state index in [4.69, 9.17) is 19.9 Å². The Hall–Kier alpha value is -3.26. The van der Waals surface area contributed by atoms with Crippen molar-refractivity contribution in [2.45, 2.75) is 25.7 Å². The fourth-order valence-corrected chi connectivity index (χ4v) is 3.12. The third-order valence-electron chi connectivity index (χ3n) is 4.80. The van der Waals surface area contributed by atoms with Gasteiger partial charge in [0.15, 0.2) is 11.5 Å². The van der Waals surface area contributed by atoms with Gasteiger partial charge in [0, 0.05) is 13.1 Å². The average Bonchev–Trinajstić information content (AvgIpc) is 3.12. The van der Waals surface area contributed by atoms with Crippen molar-refractivity contribution in [3.63, 3.8) is 0 Å². The molecule has 8 nitrogen and oxygen atoms in total. The second kappa shape index (κ2) is 9.29. The van der Waals surface area contributed by atoms with Crippen LogP contribution < -0.4 is 20.5 Å². The van der Waals surface area contributed by atoms with Crippen molar-refractivity contribution in [1.82, 2.24) is 10.2 Å². The fourth-order valence-electron chi connectivity index (χ4n) is 3.12. The van der Waals surface area contributed by atoms with Crippen molar-refractivity contribution < 1.29 is 23.8 Å². The summed E-state index contributed by atoms with van der Waals surface area (Å²) in [6, 6.07) is 12.3. The van der Waals surface area contributed by atoms with Crippen molar-refractivity contribution in [2.75, 3.05) is 20.8 Å². The molecule has 154 valence electrons. The summed E-state index contributed by atoms with van der Waals surface area (Å²) in [5.74, 6) is 0.883. The van der Waals surface area contributed by atoms with Crippen LogP contribution in [0.2, 0.25) is 0 Å². The highest BCUT2D eigenvalue weighted by molar-refractivity contribution is 5.87. The molecule has 0 aliphatic carbocycles. The highest BCUT2D eigenvalue weighted by Crippen LogP contribution is 2.29. The highest BCUT2D eigenvalue weighted by Gasteiger charge is 2.38. The number of carbonyl (C=O) groups is 2. The van der Waals surface area contributed by atoms with E-state index in [-0.39, 0.29) is 19.1 Å². The van der Waals surface area contributed by atoms with Gasteiger partial charge in [0.1, 0.15) is 12.6 Å². The lowest BCUT2D eigenvalue weighted by atomic mass is 10.1. The van der Waals surface area contributed by atoms with Crippen LogP contribution in [0.25, 0.3) is 0 Å². The van der Waals surface area contributed by atoms with Crippen LogP contribution in [0.5, 0.6) is 11.5 Å². The minimum absolute atomic E-state index is 0.0179. The molecule has 2 amide bonds. The van der Waals surface area contributed by atoms with Crippen LogP contribution in [0.1, 0.15) is 16.7 Å². The van der Waals surface area contributed by atoms with Gasteiger partial charge in [-0.15, -0.1) is 0 Å². The number of carbonyl (C=O) groups excluding carboxylic acids is 2. The van der Waals surface area contributed by atoms with E-state index in [9.17, 15) is 9.59 Å². The van der Waals surface area contributed by atoms with E-state index in [1.54, 1.807) is 26.4 Å². The van der Waals surface area contributed by atoms with Gasteiger partial charge in [0.05, 0.1) is 20.8 Å². The Morgan fingerprint density at radius 1 is 1.10 bits per heavy atom. The number of benzene rings is 2. The molecule has 0 spiro atoms. The van der Waals surface area contributed by atoms with Gasteiger partial charge in [-0.05, 0) is 28.8 Å². The maximum Gasteiger partial charge on any atom is 0.410 e. The molecule has 1 heterocycles. The molecule has 1 atom stereocenters. The zero-order chi connectivity index (χ0) is 20.8. The molecule has 8 heteroatoms. The van der Waals surface area contributed by atoms with E-state index >= 15 is 0 Å². The molecule has 3 N–H and O–H groups in total. The van der Waals surface area contributed by atoms with Crippen molar-refractivity contribution >= 4 is 12.0 Å². The Bertz CT molecular complexity index is 869. The number of ether oxygens (including phenoxy) is 3. The quantitative estimate of drug-likeness (QED) is 0.702. The number of nitrogens with two attached hydrogens (primary N) is 1. The van der Waals surface area contributed by atoms with Crippen molar-refractivity contribution in [3.05, 3.63) is 59.2 Å². The highest BCUT2D eigenvalue weighted by atomic mass is 16.6. The zero-order valence-corrected chi connectivity index (χ0v) is 16.5. The molecular weight excluding hydrogens is 374 g/mol. The number of nitrogens with one attached hydrogen (secondary N) is 1. The summed E-state index contributed by atoms with van der Waals surface area (Å²) in [5, 5.41) is 2.87. The first kappa shape index (κ1) is 20.5. The lowest BCUT2D eigenvalue weighted by molar-refractivity contribution is -0.125. The smallest absolute Gasteiger partial charge is 0.410 e. The van der Waals surface area contributed by atoms with Crippen LogP contribution in [0.4, 0.5) is 4.79 Å². The van der Waals surface area contributed by atoms with Crippen LogP contribution in [0.3, 0.4) is 0 Å². The fraction of sp³-hybridized carbons (Fsp3) is 0.333. The van der Waals surface area contributed by atoms with Crippen molar-refractivity contribution in [3.8, 4) is 11.5 Å². The predicted octanol–water partition coefficient (Wildman–Crippen LogP) is 1.80. The molecular formula is C21H25N3O5. The first-order valence-corrected chi connectivity index (χ1v) is 9.25. The number of nitrogens with zero attached hydrogens (tertiary/aromatic N) is 1. The minimum Gasteiger partial charge on any atom is -0.493 e. The summed E-state index contributed by atoms with van der Waals surface area (Å²) in [6.45, 7) is 1.07. The van der Waals surface area contributed by atoms with Gasteiger partial charge in [0.25, 0.3) is 0 Å². The monoisotopic (exact) mass is 399 g/mol. The molecule has 2 aromatic rings. The van der Waals surface area contributed by atoms with Gasteiger partial charge in [-0.1, -0.05) is 30.3 Å². The second-order valence-electron chi connectivity index (χ2n) is 6.65. The molecule has 1 fully saturated rings. The van der Waals surface area contributed by atoms with Crippen LogP contribution in [-0.2, 0) is 29.2 Å². The summed E-state index contributed by atoms with van der Waals surface area (Å²) in [4.78, 5) is 26.2.